The van der Waals surface area contributed by atoms with Gasteiger partial charge in [0.1, 0.15) is 5.82 Å². The standard InChI is InChI=1S/C12H20N4O/c1-3-13-12-15-8(2)4-11(16-12)14-7-9-5-10(17)6-9/h4,9-10,17H,3,5-7H2,1-2H3,(H2,13,14,15,16). The molecule has 0 spiro atoms. The summed E-state index contributed by atoms with van der Waals surface area (Å²) >= 11 is 0. The van der Waals surface area contributed by atoms with Crippen molar-refractivity contribution < 1.29 is 5.11 Å². The molecule has 2 rings (SSSR count). The Morgan fingerprint density at radius 3 is 2.76 bits per heavy atom. The number of hydrogen-bond acceptors (Lipinski definition) is 5. The molecule has 3 N–H and O–H groups in total. The van der Waals surface area contributed by atoms with Crippen LogP contribution in [0.25, 0.3) is 0 Å². The fourth-order valence-corrected chi connectivity index (χ4v) is 2.01. The average Bonchev–Trinajstić information content (AvgIpc) is 2.22. The van der Waals surface area contributed by atoms with Crippen LogP contribution in [0.3, 0.4) is 0 Å². The van der Waals surface area contributed by atoms with Crippen molar-refractivity contribution in [3.05, 3.63) is 11.8 Å². The predicted molar refractivity (Wildman–Crippen MR) is 68.2 cm³/mol. The Bertz CT molecular complexity index is 377. The van der Waals surface area contributed by atoms with E-state index in [0.717, 1.165) is 37.4 Å². The minimum absolute atomic E-state index is 0.0914. The van der Waals surface area contributed by atoms with E-state index in [1.807, 2.05) is 19.9 Å². The molecule has 1 aliphatic rings. The van der Waals surface area contributed by atoms with E-state index in [2.05, 4.69) is 20.6 Å². The topological polar surface area (TPSA) is 70.1 Å². The largest absolute Gasteiger partial charge is 0.393 e. The second-order valence-electron chi connectivity index (χ2n) is 4.62. The molecule has 0 atom stereocenters. The molecule has 0 aromatic carbocycles. The van der Waals surface area contributed by atoms with Crippen LogP contribution in [-0.2, 0) is 0 Å². The maximum absolute atomic E-state index is 9.21. The van der Waals surface area contributed by atoms with Crippen LogP contribution in [0.1, 0.15) is 25.5 Å². The number of aromatic nitrogens is 2. The highest BCUT2D eigenvalue weighted by Crippen LogP contribution is 2.27. The molecule has 1 aromatic heterocycles. The molecule has 0 amide bonds. The molecule has 0 radical (unpaired) electrons. The van der Waals surface area contributed by atoms with Crippen LogP contribution >= 0.6 is 0 Å². The molecule has 1 fully saturated rings. The Labute approximate surface area is 102 Å². The number of hydrogen-bond donors (Lipinski definition) is 3. The lowest BCUT2D eigenvalue weighted by molar-refractivity contribution is 0.0486. The maximum Gasteiger partial charge on any atom is 0.224 e. The van der Waals surface area contributed by atoms with E-state index in [1.54, 1.807) is 0 Å². The highest BCUT2D eigenvalue weighted by atomic mass is 16.3. The van der Waals surface area contributed by atoms with E-state index in [4.69, 9.17) is 0 Å². The number of aliphatic hydroxyl groups is 1. The van der Waals surface area contributed by atoms with Crippen molar-refractivity contribution in [3.8, 4) is 0 Å². The number of nitrogens with one attached hydrogen (secondary N) is 2. The van der Waals surface area contributed by atoms with Gasteiger partial charge in [-0.3, -0.25) is 0 Å². The minimum Gasteiger partial charge on any atom is -0.393 e. The number of aryl methyl sites for hydroxylation is 1. The van der Waals surface area contributed by atoms with Crippen molar-refractivity contribution in [2.45, 2.75) is 32.8 Å². The SMILES string of the molecule is CCNc1nc(C)cc(NCC2CC(O)C2)n1. The molecule has 1 saturated carbocycles. The normalized spacial score (nSPS) is 23.0. The van der Waals surface area contributed by atoms with Gasteiger partial charge in [0.25, 0.3) is 0 Å². The molecular formula is C12H20N4O. The van der Waals surface area contributed by atoms with Crippen LogP contribution < -0.4 is 10.6 Å². The van der Waals surface area contributed by atoms with Gasteiger partial charge in [-0.05, 0) is 32.6 Å². The van der Waals surface area contributed by atoms with Gasteiger partial charge in [-0.1, -0.05) is 0 Å². The van der Waals surface area contributed by atoms with Gasteiger partial charge in [0.15, 0.2) is 0 Å². The average molecular weight is 236 g/mol. The fourth-order valence-electron chi connectivity index (χ4n) is 2.01. The quantitative estimate of drug-likeness (QED) is 0.721. The molecule has 5 heteroatoms. The lowest BCUT2D eigenvalue weighted by atomic mass is 9.82. The zero-order valence-electron chi connectivity index (χ0n) is 10.4. The van der Waals surface area contributed by atoms with E-state index in [1.165, 1.54) is 0 Å². The highest BCUT2D eigenvalue weighted by Gasteiger charge is 2.26. The first-order valence-corrected chi connectivity index (χ1v) is 6.19. The van der Waals surface area contributed by atoms with Crippen molar-refractivity contribution in [1.82, 2.24) is 9.97 Å². The molecule has 17 heavy (non-hydrogen) atoms. The van der Waals surface area contributed by atoms with E-state index in [9.17, 15) is 5.11 Å². The van der Waals surface area contributed by atoms with Crippen molar-refractivity contribution in [1.29, 1.82) is 0 Å². The molecule has 0 saturated heterocycles. The Morgan fingerprint density at radius 2 is 2.12 bits per heavy atom. The molecular weight excluding hydrogens is 216 g/mol. The summed E-state index contributed by atoms with van der Waals surface area (Å²) in [5.74, 6) is 2.10. The highest BCUT2D eigenvalue weighted by molar-refractivity contribution is 5.42. The summed E-state index contributed by atoms with van der Waals surface area (Å²) in [7, 11) is 0. The van der Waals surface area contributed by atoms with E-state index < -0.39 is 0 Å². The molecule has 5 nitrogen and oxygen atoms in total. The van der Waals surface area contributed by atoms with Crippen LogP contribution in [0.2, 0.25) is 0 Å². The summed E-state index contributed by atoms with van der Waals surface area (Å²) < 4.78 is 0. The molecule has 1 aliphatic carbocycles. The van der Waals surface area contributed by atoms with Crippen molar-refractivity contribution in [2.24, 2.45) is 5.92 Å². The van der Waals surface area contributed by atoms with E-state index in [-0.39, 0.29) is 6.10 Å². The lowest BCUT2D eigenvalue weighted by Gasteiger charge is -2.31. The fraction of sp³-hybridized carbons (Fsp3) is 0.667. The number of rotatable bonds is 5. The van der Waals surface area contributed by atoms with Crippen LogP contribution in [0.4, 0.5) is 11.8 Å². The third-order valence-electron chi connectivity index (χ3n) is 2.97. The van der Waals surface area contributed by atoms with Gasteiger partial charge in [-0.15, -0.1) is 0 Å². The first kappa shape index (κ1) is 12.1. The van der Waals surface area contributed by atoms with Gasteiger partial charge in [0.2, 0.25) is 5.95 Å². The van der Waals surface area contributed by atoms with Crippen molar-refractivity contribution in [2.75, 3.05) is 23.7 Å². The van der Waals surface area contributed by atoms with Crippen molar-refractivity contribution in [3.63, 3.8) is 0 Å². The van der Waals surface area contributed by atoms with Gasteiger partial charge in [0.05, 0.1) is 6.10 Å². The molecule has 0 aliphatic heterocycles. The first-order chi connectivity index (χ1) is 8.17. The third kappa shape index (κ3) is 3.30. The van der Waals surface area contributed by atoms with Gasteiger partial charge >= 0.3 is 0 Å². The predicted octanol–water partition coefficient (Wildman–Crippen LogP) is 1.40. The zero-order valence-corrected chi connectivity index (χ0v) is 10.4. The maximum atomic E-state index is 9.21. The lowest BCUT2D eigenvalue weighted by Crippen LogP contribution is -2.33. The van der Waals surface area contributed by atoms with Gasteiger partial charge in [-0.25, -0.2) is 4.98 Å². The summed E-state index contributed by atoms with van der Waals surface area (Å²) in [6, 6.07) is 1.94. The minimum atomic E-state index is -0.0914. The van der Waals surface area contributed by atoms with Crippen LogP contribution in [-0.4, -0.2) is 34.3 Å². The third-order valence-corrected chi connectivity index (χ3v) is 2.97. The second kappa shape index (κ2) is 5.31. The Morgan fingerprint density at radius 1 is 1.35 bits per heavy atom. The first-order valence-electron chi connectivity index (χ1n) is 6.19. The summed E-state index contributed by atoms with van der Waals surface area (Å²) in [5, 5.41) is 15.6. The monoisotopic (exact) mass is 236 g/mol. The van der Waals surface area contributed by atoms with Crippen LogP contribution in [0.5, 0.6) is 0 Å². The zero-order chi connectivity index (χ0) is 12.3. The van der Waals surface area contributed by atoms with Gasteiger partial charge in [0, 0.05) is 24.8 Å². The Balaban J connectivity index is 1.90. The second-order valence-corrected chi connectivity index (χ2v) is 4.62. The Hall–Kier alpha value is -1.36. The smallest absolute Gasteiger partial charge is 0.224 e. The van der Waals surface area contributed by atoms with E-state index in [0.29, 0.717) is 11.9 Å². The molecule has 0 unspecified atom stereocenters. The summed E-state index contributed by atoms with van der Waals surface area (Å²) in [5.41, 5.74) is 0.951. The molecule has 94 valence electrons. The number of nitrogens with zero attached hydrogens (tertiary/aromatic N) is 2. The summed E-state index contributed by atoms with van der Waals surface area (Å²) in [6.07, 6.45) is 1.71. The Kier molecular flexibility index (Phi) is 3.78. The van der Waals surface area contributed by atoms with Crippen LogP contribution in [0.15, 0.2) is 6.07 Å². The molecule has 1 heterocycles. The summed E-state index contributed by atoms with van der Waals surface area (Å²) in [4.78, 5) is 8.67. The number of aliphatic hydroxyl groups excluding tert-OH is 1. The van der Waals surface area contributed by atoms with Gasteiger partial charge in [-0.2, -0.15) is 4.98 Å². The van der Waals surface area contributed by atoms with Crippen LogP contribution in [0, 0.1) is 12.8 Å². The van der Waals surface area contributed by atoms with Crippen molar-refractivity contribution >= 4 is 11.8 Å². The van der Waals surface area contributed by atoms with E-state index >= 15 is 0 Å². The summed E-state index contributed by atoms with van der Waals surface area (Å²) in [6.45, 7) is 5.67. The molecule has 1 aromatic rings. The van der Waals surface area contributed by atoms with Gasteiger partial charge < -0.3 is 15.7 Å². The number of anilines is 2. The molecule has 0 bridgehead atoms.